The monoisotopic (exact) mass is 299 g/mol. The zero-order valence-electron chi connectivity index (χ0n) is 9.84. The first-order valence-corrected chi connectivity index (χ1v) is 7.45. The van der Waals surface area contributed by atoms with Crippen molar-refractivity contribution in [3.05, 3.63) is 46.0 Å². The zero-order chi connectivity index (χ0) is 14.0. The Bertz CT molecular complexity index is 754. The minimum atomic E-state index is -3.23. The summed E-state index contributed by atoms with van der Waals surface area (Å²) in [5.41, 5.74) is 0.124. The molecule has 2 rings (SSSR count). The van der Waals surface area contributed by atoms with Crippen LogP contribution in [0.2, 0.25) is 5.02 Å². The highest BCUT2D eigenvalue weighted by molar-refractivity contribution is 7.90. The fourth-order valence-corrected chi connectivity index (χ4v) is 2.17. The van der Waals surface area contributed by atoms with Crippen LogP contribution in [-0.2, 0) is 9.84 Å². The van der Waals surface area contributed by atoms with Gasteiger partial charge in [0.2, 0.25) is 0 Å². The van der Waals surface area contributed by atoms with Gasteiger partial charge in [0.25, 0.3) is 5.56 Å². The van der Waals surface area contributed by atoms with Gasteiger partial charge in [0.15, 0.2) is 15.7 Å². The first-order chi connectivity index (χ1) is 8.88. The third kappa shape index (κ3) is 3.12. The highest BCUT2D eigenvalue weighted by atomic mass is 35.5. The lowest BCUT2D eigenvalue weighted by Gasteiger charge is -2.07. The number of sulfone groups is 1. The van der Waals surface area contributed by atoms with Crippen LogP contribution in [0.5, 0.6) is 0 Å². The van der Waals surface area contributed by atoms with Gasteiger partial charge in [-0.2, -0.15) is 0 Å². The lowest BCUT2D eigenvalue weighted by molar-refractivity contribution is 0.602. The molecular formula is C11H10ClN3O3S. The van der Waals surface area contributed by atoms with Crippen molar-refractivity contribution in [1.29, 1.82) is 0 Å². The number of nitrogens with zero attached hydrogens (tertiary/aromatic N) is 1. The predicted molar refractivity (Wildman–Crippen MR) is 72.7 cm³/mol. The van der Waals surface area contributed by atoms with Crippen LogP contribution in [0.15, 0.2) is 40.3 Å². The van der Waals surface area contributed by atoms with E-state index in [4.69, 9.17) is 11.6 Å². The van der Waals surface area contributed by atoms with E-state index < -0.39 is 15.4 Å². The van der Waals surface area contributed by atoms with E-state index in [-0.39, 0.29) is 15.7 Å². The lowest BCUT2D eigenvalue weighted by atomic mass is 10.3. The van der Waals surface area contributed by atoms with E-state index in [9.17, 15) is 13.2 Å². The first kappa shape index (κ1) is 13.6. The van der Waals surface area contributed by atoms with Gasteiger partial charge in [-0.25, -0.2) is 13.4 Å². The molecule has 0 aliphatic rings. The fourth-order valence-electron chi connectivity index (χ4n) is 1.39. The number of benzene rings is 1. The average molecular weight is 300 g/mol. The van der Waals surface area contributed by atoms with Crippen LogP contribution in [0.25, 0.3) is 0 Å². The topological polar surface area (TPSA) is 91.9 Å². The van der Waals surface area contributed by atoms with Gasteiger partial charge in [-0.3, -0.25) is 4.79 Å². The molecule has 8 heteroatoms. The van der Waals surface area contributed by atoms with Gasteiger partial charge in [-0.05, 0) is 24.3 Å². The van der Waals surface area contributed by atoms with Gasteiger partial charge in [0.05, 0.1) is 11.2 Å². The van der Waals surface area contributed by atoms with Crippen LogP contribution < -0.4 is 10.9 Å². The molecule has 19 heavy (non-hydrogen) atoms. The third-order valence-corrected chi connectivity index (χ3v) is 3.82. The predicted octanol–water partition coefficient (Wildman–Crippen LogP) is 1.57. The van der Waals surface area contributed by atoms with E-state index in [0.29, 0.717) is 5.69 Å². The summed E-state index contributed by atoms with van der Waals surface area (Å²) in [7, 11) is -3.23. The smallest absolute Gasteiger partial charge is 0.271 e. The fraction of sp³-hybridized carbons (Fsp3) is 0.0909. The minimum Gasteiger partial charge on any atom is -0.339 e. The van der Waals surface area contributed by atoms with Gasteiger partial charge < -0.3 is 10.3 Å². The number of H-pyrrole nitrogens is 1. The van der Waals surface area contributed by atoms with E-state index in [1.807, 2.05) is 0 Å². The Labute approximate surface area is 114 Å². The van der Waals surface area contributed by atoms with Crippen molar-refractivity contribution in [2.24, 2.45) is 0 Å². The second-order valence-electron chi connectivity index (χ2n) is 3.82. The normalized spacial score (nSPS) is 11.3. The molecule has 0 saturated heterocycles. The minimum absolute atomic E-state index is 0.0605. The van der Waals surface area contributed by atoms with Crippen LogP contribution in [-0.4, -0.2) is 24.6 Å². The number of hydrogen-bond acceptors (Lipinski definition) is 5. The number of rotatable bonds is 3. The maximum Gasteiger partial charge on any atom is 0.271 e. The molecule has 0 unspecified atom stereocenters. The number of nitrogens with one attached hydrogen (secondary N) is 2. The molecule has 2 aromatic rings. The number of aromatic nitrogens is 2. The summed E-state index contributed by atoms with van der Waals surface area (Å²) < 4.78 is 22.6. The Balaban J connectivity index is 2.30. The molecule has 0 fully saturated rings. The molecule has 1 aromatic heterocycles. The second kappa shape index (κ2) is 5.02. The van der Waals surface area contributed by atoms with E-state index in [2.05, 4.69) is 15.3 Å². The van der Waals surface area contributed by atoms with Crippen molar-refractivity contribution in [3.63, 3.8) is 0 Å². The average Bonchev–Trinajstić information content (AvgIpc) is 2.35. The lowest BCUT2D eigenvalue weighted by Crippen LogP contribution is -2.09. The molecule has 0 aliphatic heterocycles. The van der Waals surface area contributed by atoms with E-state index >= 15 is 0 Å². The largest absolute Gasteiger partial charge is 0.339 e. The molecule has 0 bridgehead atoms. The Morgan fingerprint density at radius 1 is 1.26 bits per heavy atom. The third-order valence-electron chi connectivity index (χ3n) is 2.34. The number of anilines is 2. The summed E-state index contributed by atoms with van der Waals surface area (Å²) in [6.07, 6.45) is 2.35. The molecular weight excluding hydrogens is 290 g/mol. The summed E-state index contributed by atoms with van der Waals surface area (Å²) >= 11 is 5.78. The van der Waals surface area contributed by atoms with Gasteiger partial charge in [-0.1, -0.05) is 11.6 Å². The molecule has 0 amide bonds. The Hall–Kier alpha value is -1.86. The van der Waals surface area contributed by atoms with Gasteiger partial charge in [0, 0.05) is 11.9 Å². The molecule has 1 heterocycles. The maximum absolute atomic E-state index is 11.3. The van der Waals surface area contributed by atoms with Crippen molar-refractivity contribution in [1.82, 2.24) is 9.97 Å². The van der Waals surface area contributed by atoms with Gasteiger partial charge in [0.1, 0.15) is 5.02 Å². The van der Waals surface area contributed by atoms with Crippen LogP contribution in [0, 0.1) is 0 Å². The Morgan fingerprint density at radius 2 is 1.89 bits per heavy atom. The van der Waals surface area contributed by atoms with Gasteiger partial charge >= 0.3 is 0 Å². The summed E-state index contributed by atoms with van der Waals surface area (Å²) in [6, 6.07) is 6.04. The quantitative estimate of drug-likeness (QED) is 0.897. The van der Waals surface area contributed by atoms with Crippen molar-refractivity contribution >= 4 is 32.9 Å². The van der Waals surface area contributed by atoms with Crippen molar-refractivity contribution in [2.75, 3.05) is 11.6 Å². The molecule has 0 aliphatic carbocycles. The van der Waals surface area contributed by atoms with Crippen LogP contribution in [0.4, 0.5) is 11.5 Å². The molecule has 2 N–H and O–H groups in total. The number of halogens is 1. The van der Waals surface area contributed by atoms with E-state index in [0.717, 1.165) is 6.26 Å². The summed E-state index contributed by atoms with van der Waals surface area (Å²) in [6.45, 7) is 0. The SMILES string of the molecule is CS(=O)(=O)c1ccc(Nc2nc[nH]c(=O)c2Cl)cc1. The molecule has 6 nitrogen and oxygen atoms in total. The molecule has 0 spiro atoms. The Morgan fingerprint density at radius 3 is 2.47 bits per heavy atom. The van der Waals surface area contributed by atoms with Crippen molar-refractivity contribution in [2.45, 2.75) is 4.90 Å². The van der Waals surface area contributed by atoms with Crippen LogP contribution >= 0.6 is 11.6 Å². The number of hydrogen-bond donors (Lipinski definition) is 2. The summed E-state index contributed by atoms with van der Waals surface area (Å²) in [5, 5.41) is 2.77. The maximum atomic E-state index is 11.3. The zero-order valence-corrected chi connectivity index (χ0v) is 11.4. The van der Waals surface area contributed by atoms with Crippen molar-refractivity contribution < 1.29 is 8.42 Å². The molecule has 0 radical (unpaired) electrons. The molecule has 100 valence electrons. The van der Waals surface area contributed by atoms with E-state index in [1.54, 1.807) is 12.1 Å². The van der Waals surface area contributed by atoms with Crippen molar-refractivity contribution in [3.8, 4) is 0 Å². The van der Waals surface area contributed by atoms with Gasteiger partial charge in [-0.15, -0.1) is 0 Å². The molecule has 0 atom stereocenters. The molecule has 0 saturated carbocycles. The van der Waals surface area contributed by atoms with Crippen LogP contribution in [0.1, 0.15) is 0 Å². The Kier molecular flexibility index (Phi) is 3.59. The second-order valence-corrected chi connectivity index (χ2v) is 6.21. The number of aromatic amines is 1. The standard InChI is InChI=1S/C11H10ClN3O3S/c1-19(17,18)8-4-2-7(3-5-8)15-10-9(12)11(16)14-6-13-10/h2-6H,1H3,(H2,13,14,15,16). The van der Waals surface area contributed by atoms with Crippen LogP contribution in [0.3, 0.4) is 0 Å². The molecule has 1 aromatic carbocycles. The highest BCUT2D eigenvalue weighted by Gasteiger charge is 2.08. The highest BCUT2D eigenvalue weighted by Crippen LogP contribution is 2.20. The first-order valence-electron chi connectivity index (χ1n) is 5.18. The summed E-state index contributed by atoms with van der Waals surface area (Å²) in [4.78, 5) is 17.7. The van der Waals surface area contributed by atoms with E-state index in [1.165, 1.54) is 18.5 Å². The summed E-state index contributed by atoms with van der Waals surface area (Å²) in [5.74, 6) is 0.206.